The predicted octanol–water partition coefficient (Wildman–Crippen LogP) is -0.193. The molecule has 2 N–H and O–H groups in total. The first-order valence-electron chi connectivity index (χ1n) is 9.27. The Balaban J connectivity index is 1.58. The molecule has 152 valence electrons. The van der Waals surface area contributed by atoms with Crippen molar-refractivity contribution in [2.24, 2.45) is 0 Å². The maximum absolute atomic E-state index is 13.9. The number of hydrogen-bond acceptors (Lipinski definition) is 4. The molecular weight excluding hydrogens is 390 g/mol. The second-order valence-electron chi connectivity index (χ2n) is 7.35. The largest absolute Gasteiger partial charge is 0.333 e. The smallest absolute Gasteiger partial charge is 0.276 e. The quantitative estimate of drug-likeness (QED) is 0.700. The van der Waals surface area contributed by atoms with Crippen LogP contribution >= 0.6 is 0 Å². The highest BCUT2D eigenvalue weighted by atomic mass is 32.2. The molecule has 2 aliphatic rings. The fourth-order valence-electron chi connectivity index (χ4n) is 3.81. The number of hydrogen-bond donors (Lipinski definition) is 2. The van der Waals surface area contributed by atoms with Gasteiger partial charge in [-0.2, -0.15) is 9.57 Å². The zero-order valence-corrected chi connectivity index (χ0v) is 16.2. The molecule has 1 saturated heterocycles. The second-order valence-corrected chi connectivity index (χ2v) is 9.26. The van der Waals surface area contributed by atoms with Crippen LogP contribution in [0, 0.1) is 23.0 Å². The third kappa shape index (κ3) is 4.32. The number of quaternary nitrogens is 1. The van der Waals surface area contributed by atoms with E-state index in [1.165, 1.54) is 0 Å². The van der Waals surface area contributed by atoms with E-state index >= 15 is 0 Å². The van der Waals surface area contributed by atoms with Crippen molar-refractivity contribution >= 4 is 15.9 Å². The topological polar surface area (TPSA) is 94.7 Å². The SMILES string of the molecule is N#CC1(NC(=O)C[NH+]2CCN(S(=O)(=O)c3cc(F)ccc3F)CC2)CCCC1. The molecule has 0 radical (unpaired) electrons. The molecule has 3 rings (SSSR count). The Morgan fingerprint density at radius 2 is 1.89 bits per heavy atom. The minimum atomic E-state index is -4.14. The molecule has 0 atom stereocenters. The summed E-state index contributed by atoms with van der Waals surface area (Å²) in [6, 6.07) is 4.55. The molecule has 1 aromatic carbocycles. The number of rotatable bonds is 5. The first-order chi connectivity index (χ1) is 13.3. The monoisotopic (exact) mass is 413 g/mol. The Kier molecular flexibility index (Phi) is 5.98. The molecule has 1 aromatic rings. The highest BCUT2D eigenvalue weighted by Gasteiger charge is 2.37. The second kappa shape index (κ2) is 8.11. The molecule has 10 heteroatoms. The van der Waals surface area contributed by atoms with E-state index in [0.29, 0.717) is 32.0 Å². The fraction of sp³-hybridized carbons (Fsp3) is 0.556. The van der Waals surface area contributed by atoms with E-state index < -0.39 is 32.1 Å². The lowest BCUT2D eigenvalue weighted by molar-refractivity contribution is -0.895. The van der Waals surface area contributed by atoms with Gasteiger partial charge in [0.1, 0.15) is 22.1 Å². The van der Waals surface area contributed by atoms with Crippen molar-refractivity contribution in [1.82, 2.24) is 9.62 Å². The van der Waals surface area contributed by atoms with E-state index in [9.17, 15) is 27.3 Å². The maximum Gasteiger partial charge on any atom is 0.276 e. The van der Waals surface area contributed by atoms with E-state index in [2.05, 4.69) is 11.4 Å². The van der Waals surface area contributed by atoms with Gasteiger partial charge in [0.25, 0.3) is 5.91 Å². The average molecular weight is 413 g/mol. The third-order valence-electron chi connectivity index (χ3n) is 5.40. The van der Waals surface area contributed by atoms with Crippen molar-refractivity contribution in [2.45, 2.75) is 36.1 Å². The summed E-state index contributed by atoms with van der Waals surface area (Å²) in [5.41, 5.74) is -0.781. The molecule has 1 amide bonds. The van der Waals surface area contributed by atoms with Gasteiger partial charge in [-0.15, -0.1) is 0 Å². The fourth-order valence-corrected chi connectivity index (χ4v) is 5.33. The van der Waals surface area contributed by atoms with Gasteiger partial charge in [0.05, 0.1) is 32.2 Å². The molecular formula is C18H23F2N4O3S+. The minimum absolute atomic E-state index is 0.101. The summed E-state index contributed by atoms with van der Waals surface area (Å²) in [4.78, 5) is 12.5. The Hall–Kier alpha value is -2.09. The predicted molar refractivity (Wildman–Crippen MR) is 95.6 cm³/mol. The van der Waals surface area contributed by atoms with E-state index in [1.54, 1.807) is 0 Å². The molecule has 0 unspecified atom stereocenters. The zero-order valence-electron chi connectivity index (χ0n) is 15.4. The summed E-state index contributed by atoms with van der Waals surface area (Å²) in [5.74, 6) is -2.04. The van der Waals surface area contributed by atoms with Gasteiger partial charge in [-0.1, -0.05) is 0 Å². The summed E-state index contributed by atoms with van der Waals surface area (Å²) < 4.78 is 53.5. The first-order valence-corrected chi connectivity index (χ1v) is 10.7. The minimum Gasteiger partial charge on any atom is -0.333 e. The van der Waals surface area contributed by atoms with Crippen molar-refractivity contribution in [2.75, 3.05) is 32.7 Å². The highest BCUT2D eigenvalue weighted by Crippen LogP contribution is 2.28. The van der Waals surface area contributed by atoms with Crippen LogP contribution in [-0.4, -0.2) is 56.9 Å². The van der Waals surface area contributed by atoms with E-state index in [-0.39, 0.29) is 25.5 Å². The number of halogens is 2. The molecule has 0 spiro atoms. The van der Waals surface area contributed by atoms with Crippen LogP contribution in [0.5, 0.6) is 0 Å². The number of carbonyl (C=O) groups excluding carboxylic acids is 1. The molecule has 1 heterocycles. The Labute approximate surface area is 163 Å². The molecule has 2 fully saturated rings. The van der Waals surface area contributed by atoms with Crippen LogP contribution < -0.4 is 10.2 Å². The summed E-state index contributed by atoms with van der Waals surface area (Å²) >= 11 is 0. The van der Waals surface area contributed by atoms with Gasteiger partial charge in [0.2, 0.25) is 10.0 Å². The van der Waals surface area contributed by atoms with Crippen molar-refractivity contribution in [3.8, 4) is 6.07 Å². The summed E-state index contributed by atoms with van der Waals surface area (Å²) in [7, 11) is -4.14. The van der Waals surface area contributed by atoms with Crippen molar-refractivity contribution in [3.63, 3.8) is 0 Å². The molecule has 1 aliphatic heterocycles. The molecule has 1 aliphatic carbocycles. The standard InChI is InChI=1S/C18H22F2N4O3S/c19-14-3-4-15(20)16(11-14)28(26,27)24-9-7-23(8-10-24)12-17(25)22-18(13-21)5-1-2-6-18/h3-4,11H,1-2,5-10,12H2,(H,22,25)/p+1. The summed E-state index contributed by atoms with van der Waals surface area (Å²) in [5, 5.41) is 12.2. The maximum atomic E-state index is 13.9. The first kappa shape index (κ1) is 20.6. The third-order valence-corrected chi connectivity index (χ3v) is 7.31. The Morgan fingerprint density at radius 3 is 2.50 bits per heavy atom. The number of benzene rings is 1. The summed E-state index contributed by atoms with van der Waals surface area (Å²) in [6.07, 6.45) is 3.12. The molecule has 7 nitrogen and oxygen atoms in total. The van der Waals surface area contributed by atoms with Gasteiger partial charge in [0.15, 0.2) is 6.54 Å². The van der Waals surface area contributed by atoms with Gasteiger partial charge in [-0.25, -0.2) is 17.2 Å². The van der Waals surface area contributed by atoms with Gasteiger partial charge >= 0.3 is 0 Å². The molecule has 28 heavy (non-hydrogen) atoms. The number of carbonyl (C=O) groups is 1. The number of sulfonamides is 1. The van der Waals surface area contributed by atoms with Gasteiger partial charge < -0.3 is 10.2 Å². The zero-order chi connectivity index (χ0) is 20.4. The van der Waals surface area contributed by atoms with E-state index in [1.807, 2.05) is 0 Å². The van der Waals surface area contributed by atoms with Gasteiger partial charge in [-0.3, -0.25) is 4.79 Å². The number of amides is 1. The van der Waals surface area contributed by atoms with Crippen molar-refractivity contribution in [1.29, 1.82) is 5.26 Å². The van der Waals surface area contributed by atoms with Crippen LogP contribution in [-0.2, 0) is 14.8 Å². The number of nitrogens with zero attached hydrogens (tertiary/aromatic N) is 2. The average Bonchev–Trinajstić information content (AvgIpc) is 3.13. The van der Waals surface area contributed by atoms with Crippen molar-refractivity contribution < 1.29 is 26.9 Å². The molecule has 1 saturated carbocycles. The molecule has 0 aromatic heterocycles. The Morgan fingerprint density at radius 1 is 1.25 bits per heavy atom. The lowest BCUT2D eigenvalue weighted by Crippen LogP contribution is -3.16. The van der Waals surface area contributed by atoms with E-state index in [4.69, 9.17) is 0 Å². The van der Waals surface area contributed by atoms with Crippen molar-refractivity contribution in [3.05, 3.63) is 29.8 Å². The lowest BCUT2D eigenvalue weighted by atomic mass is 10.00. The van der Waals surface area contributed by atoms with Crippen LogP contribution in [0.4, 0.5) is 8.78 Å². The Bertz CT molecular complexity index is 887. The normalized spacial score (nSPS) is 20.6. The molecule has 0 bridgehead atoms. The van der Waals surface area contributed by atoms with Crippen LogP contribution in [0.2, 0.25) is 0 Å². The lowest BCUT2D eigenvalue weighted by Gasteiger charge is -2.32. The van der Waals surface area contributed by atoms with Crippen LogP contribution in [0.15, 0.2) is 23.1 Å². The van der Waals surface area contributed by atoms with Gasteiger partial charge in [-0.05, 0) is 43.9 Å². The van der Waals surface area contributed by atoms with Gasteiger partial charge in [0, 0.05) is 0 Å². The number of nitriles is 1. The van der Waals surface area contributed by atoms with E-state index in [0.717, 1.165) is 34.2 Å². The van der Waals surface area contributed by atoms with Crippen LogP contribution in [0.1, 0.15) is 25.7 Å². The number of piperazine rings is 1. The van der Waals surface area contributed by atoms with Crippen LogP contribution in [0.3, 0.4) is 0 Å². The van der Waals surface area contributed by atoms with Crippen LogP contribution in [0.25, 0.3) is 0 Å². The summed E-state index contributed by atoms with van der Waals surface area (Å²) in [6.45, 7) is 1.08. The highest BCUT2D eigenvalue weighted by molar-refractivity contribution is 7.89. The number of nitrogens with one attached hydrogen (secondary N) is 2.